The Labute approximate surface area is 164 Å². The molecule has 170 valence electrons. The first-order valence-electron chi connectivity index (χ1n) is 8.79. The maximum atomic E-state index is 12.5. The third kappa shape index (κ3) is 5.49. The molecule has 0 aromatic heterocycles. The highest BCUT2D eigenvalue weighted by Gasteiger charge is 2.52. The lowest BCUT2D eigenvalue weighted by Crippen LogP contribution is -2.65. The van der Waals surface area contributed by atoms with Crippen molar-refractivity contribution in [2.75, 3.05) is 26.5 Å². The van der Waals surface area contributed by atoms with Crippen molar-refractivity contribution in [3.8, 4) is 0 Å². The topological polar surface area (TPSA) is 211 Å². The van der Waals surface area contributed by atoms with Crippen LogP contribution in [0.5, 0.6) is 0 Å². The molecule has 2 rings (SSSR count). The second-order valence-electron chi connectivity index (χ2n) is 6.48. The van der Waals surface area contributed by atoms with Gasteiger partial charge in [0.1, 0.15) is 49.4 Å². The molecule has 0 aliphatic carbocycles. The van der Waals surface area contributed by atoms with Gasteiger partial charge >= 0.3 is 6.09 Å². The standard InChI is InChI=1S/C15H26FNO12/c16-1-2-25-14-12(9(22)7(20)5(3-18)27-14)28-13-10(23)11(29-15(17)24)8(21)6(4-19)26-13/h5-14,18-23H,1-4H2,(H2,17,24)/t5-,6+,7+,8+,9-,10-,11-,12-,13+,14-/m0/s1. The number of ether oxygens (including phenoxy) is 5. The van der Waals surface area contributed by atoms with Crippen LogP contribution in [-0.2, 0) is 23.7 Å². The zero-order valence-corrected chi connectivity index (χ0v) is 15.2. The summed E-state index contributed by atoms with van der Waals surface area (Å²) in [5, 5.41) is 59.4. The van der Waals surface area contributed by atoms with E-state index < -0.39 is 94.0 Å². The van der Waals surface area contributed by atoms with Gasteiger partial charge in [-0.3, -0.25) is 0 Å². The molecule has 0 aromatic rings. The molecule has 0 spiro atoms. The number of alkyl halides is 1. The maximum absolute atomic E-state index is 12.5. The van der Waals surface area contributed by atoms with E-state index in [4.69, 9.17) is 24.7 Å². The summed E-state index contributed by atoms with van der Waals surface area (Å²) in [5.41, 5.74) is 4.91. The number of halogens is 1. The van der Waals surface area contributed by atoms with Gasteiger partial charge in [-0.05, 0) is 0 Å². The largest absolute Gasteiger partial charge is 0.441 e. The highest BCUT2D eigenvalue weighted by Crippen LogP contribution is 2.30. The molecule has 29 heavy (non-hydrogen) atoms. The number of hydrogen-bond acceptors (Lipinski definition) is 12. The third-order valence-electron chi connectivity index (χ3n) is 4.55. The predicted molar refractivity (Wildman–Crippen MR) is 86.8 cm³/mol. The molecule has 0 aromatic carbocycles. The van der Waals surface area contributed by atoms with Crippen molar-refractivity contribution in [1.29, 1.82) is 0 Å². The molecule has 0 radical (unpaired) electrons. The van der Waals surface area contributed by atoms with E-state index in [9.17, 15) is 39.8 Å². The van der Waals surface area contributed by atoms with Gasteiger partial charge in [-0.1, -0.05) is 0 Å². The number of hydrogen-bond donors (Lipinski definition) is 7. The molecule has 0 unspecified atom stereocenters. The van der Waals surface area contributed by atoms with Crippen molar-refractivity contribution in [2.24, 2.45) is 5.73 Å². The van der Waals surface area contributed by atoms with Crippen LogP contribution in [0.15, 0.2) is 0 Å². The number of rotatable bonds is 8. The van der Waals surface area contributed by atoms with Crippen LogP contribution in [0.25, 0.3) is 0 Å². The number of aliphatic hydroxyl groups is 6. The summed E-state index contributed by atoms with van der Waals surface area (Å²) >= 11 is 0. The number of aliphatic hydroxyl groups excluding tert-OH is 6. The smallest absolute Gasteiger partial charge is 0.404 e. The Morgan fingerprint density at radius 1 is 0.897 bits per heavy atom. The molecule has 0 bridgehead atoms. The predicted octanol–water partition coefficient (Wildman–Crippen LogP) is -4.30. The molecule has 8 N–H and O–H groups in total. The van der Waals surface area contributed by atoms with Crippen molar-refractivity contribution >= 4 is 6.09 Å². The molecule has 2 aliphatic rings. The zero-order chi connectivity index (χ0) is 21.7. The van der Waals surface area contributed by atoms with E-state index in [1.165, 1.54) is 0 Å². The molecular formula is C15H26FNO12. The van der Waals surface area contributed by atoms with Gasteiger partial charge < -0.3 is 60.1 Å². The molecule has 1 amide bonds. The molecule has 2 aliphatic heterocycles. The monoisotopic (exact) mass is 431 g/mol. The Morgan fingerprint density at radius 2 is 1.48 bits per heavy atom. The van der Waals surface area contributed by atoms with Crippen LogP contribution < -0.4 is 5.73 Å². The molecule has 13 nitrogen and oxygen atoms in total. The summed E-state index contributed by atoms with van der Waals surface area (Å²) < 4.78 is 38.2. The van der Waals surface area contributed by atoms with E-state index in [0.717, 1.165) is 0 Å². The second-order valence-corrected chi connectivity index (χ2v) is 6.48. The van der Waals surface area contributed by atoms with Gasteiger partial charge in [0.25, 0.3) is 0 Å². The van der Waals surface area contributed by atoms with Gasteiger partial charge in [0, 0.05) is 0 Å². The van der Waals surface area contributed by atoms with E-state index in [0.29, 0.717) is 0 Å². The highest BCUT2D eigenvalue weighted by atomic mass is 19.1. The fraction of sp³-hybridized carbons (Fsp3) is 0.933. The van der Waals surface area contributed by atoms with E-state index in [-0.39, 0.29) is 0 Å². The highest BCUT2D eigenvalue weighted by molar-refractivity contribution is 5.65. The number of carbonyl (C=O) groups is 1. The van der Waals surface area contributed by atoms with Crippen LogP contribution in [0, 0.1) is 0 Å². The van der Waals surface area contributed by atoms with E-state index in [1.54, 1.807) is 0 Å². The lowest BCUT2D eigenvalue weighted by Gasteiger charge is -2.46. The fourth-order valence-electron chi connectivity index (χ4n) is 3.09. The average molecular weight is 431 g/mol. The molecule has 2 heterocycles. The van der Waals surface area contributed by atoms with Crippen molar-refractivity contribution in [1.82, 2.24) is 0 Å². The first-order valence-corrected chi connectivity index (χ1v) is 8.79. The minimum absolute atomic E-state index is 0.467. The summed E-state index contributed by atoms with van der Waals surface area (Å²) in [4.78, 5) is 11.0. The molecule has 0 saturated carbocycles. The Kier molecular flexibility index (Phi) is 8.90. The second kappa shape index (κ2) is 10.7. The summed E-state index contributed by atoms with van der Waals surface area (Å²) in [7, 11) is 0. The normalized spacial score (nSPS) is 43.1. The number of nitrogens with two attached hydrogens (primary N) is 1. The molecule has 2 fully saturated rings. The zero-order valence-electron chi connectivity index (χ0n) is 15.2. The Hall–Kier alpha value is -1.20. The first kappa shape index (κ1) is 24.1. The minimum Gasteiger partial charge on any atom is -0.441 e. The average Bonchev–Trinajstić information content (AvgIpc) is 2.69. The van der Waals surface area contributed by atoms with Gasteiger partial charge in [0.15, 0.2) is 18.7 Å². The van der Waals surface area contributed by atoms with E-state index in [1.807, 2.05) is 0 Å². The van der Waals surface area contributed by atoms with Gasteiger partial charge in [0.05, 0.1) is 19.8 Å². The van der Waals surface area contributed by atoms with Crippen molar-refractivity contribution in [3.63, 3.8) is 0 Å². The number of amides is 1. The van der Waals surface area contributed by atoms with Crippen LogP contribution in [0.1, 0.15) is 0 Å². The molecular weight excluding hydrogens is 405 g/mol. The number of carbonyl (C=O) groups excluding carboxylic acids is 1. The summed E-state index contributed by atoms with van der Waals surface area (Å²) in [6.45, 7) is -2.82. The third-order valence-corrected chi connectivity index (χ3v) is 4.55. The van der Waals surface area contributed by atoms with Gasteiger partial charge in [0.2, 0.25) is 0 Å². The SMILES string of the molecule is NC(=O)O[C@@H]1[C@H](O)[C@@H](O[C@@H]2[C@@H](OCCF)O[C@@H](CO)[C@@H](O)[C@@H]2O)O[C@H](CO)[C@H]1O. The van der Waals surface area contributed by atoms with Gasteiger partial charge in [-0.15, -0.1) is 0 Å². The van der Waals surface area contributed by atoms with Gasteiger partial charge in [-0.25, -0.2) is 9.18 Å². The summed E-state index contributed by atoms with van der Waals surface area (Å²) in [6, 6.07) is 0. The lowest BCUT2D eigenvalue weighted by molar-refractivity contribution is -0.366. The van der Waals surface area contributed by atoms with Crippen LogP contribution >= 0.6 is 0 Å². The van der Waals surface area contributed by atoms with Crippen LogP contribution in [0.2, 0.25) is 0 Å². The Bertz CT molecular complexity index is 530. The summed E-state index contributed by atoms with van der Waals surface area (Å²) in [6.07, 6.45) is -17.2. The Balaban J connectivity index is 2.20. The minimum atomic E-state index is -1.83. The Morgan fingerprint density at radius 3 is 2.03 bits per heavy atom. The summed E-state index contributed by atoms with van der Waals surface area (Å²) in [5.74, 6) is 0. The van der Waals surface area contributed by atoms with Crippen molar-refractivity contribution in [2.45, 2.75) is 61.4 Å². The maximum Gasteiger partial charge on any atom is 0.404 e. The quantitative estimate of drug-likeness (QED) is 0.195. The molecule has 14 heteroatoms. The molecule has 10 atom stereocenters. The van der Waals surface area contributed by atoms with Crippen molar-refractivity contribution < 1.29 is 63.5 Å². The van der Waals surface area contributed by atoms with E-state index >= 15 is 0 Å². The first-order chi connectivity index (χ1) is 13.7. The van der Waals surface area contributed by atoms with Crippen LogP contribution in [-0.4, -0.2) is 125 Å². The fourth-order valence-corrected chi connectivity index (χ4v) is 3.09. The lowest BCUT2D eigenvalue weighted by atomic mass is 9.97. The van der Waals surface area contributed by atoms with Crippen LogP contribution in [0.3, 0.4) is 0 Å². The van der Waals surface area contributed by atoms with Crippen molar-refractivity contribution in [3.05, 3.63) is 0 Å². The molecule has 2 saturated heterocycles. The van der Waals surface area contributed by atoms with E-state index in [2.05, 4.69) is 4.74 Å². The van der Waals surface area contributed by atoms with Gasteiger partial charge in [-0.2, -0.15) is 0 Å². The van der Waals surface area contributed by atoms with Crippen LogP contribution in [0.4, 0.5) is 9.18 Å². The number of primary amides is 1.